The van der Waals surface area contributed by atoms with Gasteiger partial charge in [0, 0.05) is 37.1 Å². The smallest absolute Gasteiger partial charge is 0.410 e. The second-order valence-electron chi connectivity index (χ2n) is 7.52. The topological polar surface area (TPSA) is 70.2 Å². The number of rotatable bonds is 3. The number of carbonyl (C=O) groups excluding carboxylic acids is 1. The number of nitrogens with one attached hydrogen (secondary N) is 2. The first-order chi connectivity index (χ1) is 10.4. The first-order valence-electron chi connectivity index (χ1n) is 8.12. The lowest BCUT2D eigenvalue weighted by molar-refractivity contribution is 0.0219. The highest BCUT2D eigenvalue weighted by atomic mass is 16.6. The van der Waals surface area contributed by atoms with Gasteiger partial charge < -0.3 is 15.0 Å². The average molecular weight is 306 g/mol. The molecule has 2 N–H and O–H groups in total. The molecule has 2 aliphatic rings. The van der Waals surface area contributed by atoms with Crippen LogP contribution in [0.3, 0.4) is 0 Å². The van der Waals surface area contributed by atoms with Crippen LogP contribution in [0.4, 0.5) is 4.79 Å². The fraction of sp³-hybridized carbons (Fsp3) is 0.750. The van der Waals surface area contributed by atoms with E-state index in [1.54, 1.807) is 6.20 Å². The van der Waals surface area contributed by atoms with Crippen LogP contribution in [0.2, 0.25) is 0 Å². The zero-order valence-corrected chi connectivity index (χ0v) is 13.6. The van der Waals surface area contributed by atoms with E-state index in [9.17, 15) is 4.79 Å². The highest BCUT2D eigenvalue weighted by Crippen LogP contribution is 2.36. The first-order valence-corrected chi connectivity index (χ1v) is 8.12. The molecule has 2 heterocycles. The van der Waals surface area contributed by atoms with E-state index in [1.807, 2.05) is 31.7 Å². The molecule has 0 spiro atoms. The van der Waals surface area contributed by atoms with Gasteiger partial charge in [-0.25, -0.2) is 4.79 Å². The maximum Gasteiger partial charge on any atom is 0.410 e. The van der Waals surface area contributed by atoms with Gasteiger partial charge >= 0.3 is 6.09 Å². The molecule has 1 aliphatic heterocycles. The maximum atomic E-state index is 12.3. The molecule has 1 saturated carbocycles. The van der Waals surface area contributed by atoms with E-state index in [1.165, 1.54) is 0 Å². The Bertz CT molecular complexity index is 509. The molecule has 6 heteroatoms. The summed E-state index contributed by atoms with van der Waals surface area (Å²) < 4.78 is 5.54. The molecule has 1 aromatic rings. The van der Waals surface area contributed by atoms with E-state index in [2.05, 4.69) is 15.5 Å². The van der Waals surface area contributed by atoms with Crippen molar-refractivity contribution >= 4 is 6.09 Å². The summed E-state index contributed by atoms with van der Waals surface area (Å²) in [7, 11) is 0. The van der Waals surface area contributed by atoms with Gasteiger partial charge in [0.15, 0.2) is 0 Å². The summed E-state index contributed by atoms with van der Waals surface area (Å²) in [5.74, 6) is 0.588. The predicted octanol–water partition coefficient (Wildman–Crippen LogP) is 2.29. The molecule has 3 unspecified atom stereocenters. The maximum absolute atomic E-state index is 12.3. The molecular formula is C16H26N4O2. The number of amides is 1. The molecule has 3 atom stereocenters. The summed E-state index contributed by atoms with van der Waals surface area (Å²) in [5.41, 5.74) is 0.674. The number of aromatic nitrogens is 2. The Labute approximate surface area is 131 Å². The van der Waals surface area contributed by atoms with Crippen molar-refractivity contribution in [3.63, 3.8) is 0 Å². The summed E-state index contributed by atoms with van der Waals surface area (Å²) in [6.07, 6.45) is 4.86. The summed E-state index contributed by atoms with van der Waals surface area (Å²) in [5, 5.41) is 10.5. The van der Waals surface area contributed by atoms with E-state index in [0.29, 0.717) is 18.0 Å². The van der Waals surface area contributed by atoms with Crippen molar-refractivity contribution in [2.75, 3.05) is 6.54 Å². The Balaban J connectivity index is 1.54. The molecule has 122 valence electrons. The first kappa shape index (κ1) is 15.3. The zero-order valence-electron chi connectivity index (χ0n) is 13.6. The number of hydrogen-bond donors (Lipinski definition) is 2. The molecule has 2 fully saturated rings. The number of carbonyl (C=O) groups is 1. The van der Waals surface area contributed by atoms with Crippen molar-refractivity contribution in [1.29, 1.82) is 0 Å². The summed E-state index contributed by atoms with van der Waals surface area (Å²) in [6.45, 7) is 7.39. The van der Waals surface area contributed by atoms with Gasteiger partial charge in [0.25, 0.3) is 0 Å². The molecule has 0 radical (unpaired) electrons. The average Bonchev–Trinajstić information content (AvgIpc) is 3.02. The predicted molar refractivity (Wildman–Crippen MR) is 83.3 cm³/mol. The van der Waals surface area contributed by atoms with Crippen LogP contribution >= 0.6 is 0 Å². The highest BCUT2D eigenvalue weighted by molar-refractivity contribution is 5.69. The fourth-order valence-corrected chi connectivity index (χ4v) is 3.58. The highest BCUT2D eigenvalue weighted by Gasteiger charge is 2.42. The quantitative estimate of drug-likeness (QED) is 0.899. The van der Waals surface area contributed by atoms with Gasteiger partial charge in [-0.05, 0) is 52.0 Å². The third kappa shape index (κ3) is 3.61. The Morgan fingerprint density at radius 1 is 1.45 bits per heavy atom. The summed E-state index contributed by atoms with van der Waals surface area (Å²) in [4.78, 5) is 14.3. The Hall–Kier alpha value is -1.56. The lowest BCUT2D eigenvalue weighted by atomic mass is 9.86. The van der Waals surface area contributed by atoms with Gasteiger partial charge in [-0.1, -0.05) is 0 Å². The van der Waals surface area contributed by atoms with Crippen molar-refractivity contribution < 1.29 is 9.53 Å². The van der Waals surface area contributed by atoms with Crippen LogP contribution in [0.1, 0.15) is 45.7 Å². The fourth-order valence-electron chi connectivity index (χ4n) is 3.58. The van der Waals surface area contributed by atoms with Crippen molar-refractivity contribution in [2.45, 2.75) is 64.3 Å². The number of ether oxygens (including phenoxy) is 1. The summed E-state index contributed by atoms with van der Waals surface area (Å²) >= 11 is 0. The van der Waals surface area contributed by atoms with E-state index in [4.69, 9.17) is 4.74 Å². The van der Waals surface area contributed by atoms with Crippen LogP contribution < -0.4 is 5.32 Å². The number of nitrogens with zero attached hydrogens (tertiary/aromatic N) is 2. The molecule has 22 heavy (non-hydrogen) atoms. The van der Waals surface area contributed by atoms with E-state index in [0.717, 1.165) is 38.0 Å². The monoisotopic (exact) mass is 306 g/mol. The third-order valence-electron chi connectivity index (χ3n) is 4.44. The molecule has 1 aromatic heterocycles. The Morgan fingerprint density at radius 3 is 2.95 bits per heavy atom. The summed E-state index contributed by atoms with van der Waals surface area (Å²) in [6, 6.07) is 2.75. The molecule has 1 saturated heterocycles. The minimum Gasteiger partial charge on any atom is -0.444 e. The van der Waals surface area contributed by atoms with Gasteiger partial charge in [-0.2, -0.15) is 5.10 Å². The van der Waals surface area contributed by atoms with Crippen LogP contribution in [0.25, 0.3) is 0 Å². The normalized spacial score (nSPS) is 28.0. The van der Waals surface area contributed by atoms with Gasteiger partial charge in [-0.15, -0.1) is 0 Å². The molecule has 2 bridgehead atoms. The van der Waals surface area contributed by atoms with E-state index < -0.39 is 5.60 Å². The van der Waals surface area contributed by atoms with E-state index >= 15 is 0 Å². The van der Waals surface area contributed by atoms with Gasteiger partial charge in [0.2, 0.25) is 0 Å². The SMILES string of the molecule is CC(C)(C)OC(=O)N1CC2CC(NCc3ccn[nH]3)CC1C2. The van der Waals surface area contributed by atoms with Crippen LogP contribution in [-0.2, 0) is 11.3 Å². The Kier molecular flexibility index (Phi) is 4.12. The number of likely N-dealkylation sites (tertiary alicyclic amines) is 1. The standard InChI is InChI=1S/C16H26N4O2/c1-16(2,3)22-15(21)20-10-11-6-13(8-14(20)7-11)17-9-12-4-5-18-19-12/h4-5,11,13-14,17H,6-10H2,1-3H3,(H,18,19). The van der Waals surface area contributed by atoms with Crippen LogP contribution in [-0.4, -0.2) is 45.4 Å². The van der Waals surface area contributed by atoms with Crippen molar-refractivity contribution in [2.24, 2.45) is 5.92 Å². The number of hydrogen-bond acceptors (Lipinski definition) is 4. The van der Waals surface area contributed by atoms with Crippen LogP contribution in [0, 0.1) is 5.92 Å². The Morgan fingerprint density at radius 2 is 2.27 bits per heavy atom. The van der Waals surface area contributed by atoms with Gasteiger partial charge in [0.05, 0.1) is 0 Å². The molecule has 3 rings (SSSR count). The minimum absolute atomic E-state index is 0.158. The van der Waals surface area contributed by atoms with E-state index in [-0.39, 0.29) is 6.09 Å². The van der Waals surface area contributed by atoms with Gasteiger partial charge in [0.1, 0.15) is 5.60 Å². The second-order valence-corrected chi connectivity index (χ2v) is 7.52. The number of H-pyrrole nitrogens is 1. The van der Waals surface area contributed by atoms with Crippen molar-refractivity contribution in [1.82, 2.24) is 20.4 Å². The largest absolute Gasteiger partial charge is 0.444 e. The molecule has 1 amide bonds. The van der Waals surface area contributed by atoms with Crippen molar-refractivity contribution in [3.8, 4) is 0 Å². The number of fused-ring (bicyclic) bond motifs is 2. The molecular weight excluding hydrogens is 280 g/mol. The molecule has 0 aromatic carbocycles. The van der Waals surface area contributed by atoms with Crippen LogP contribution in [0.15, 0.2) is 12.3 Å². The van der Waals surface area contributed by atoms with Crippen LogP contribution in [0.5, 0.6) is 0 Å². The minimum atomic E-state index is -0.425. The van der Waals surface area contributed by atoms with Gasteiger partial charge in [-0.3, -0.25) is 5.10 Å². The lowest BCUT2D eigenvalue weighted by Crippen LogP contribution is -2.42. The third-order valence-corrected chi connectivity index (χ3v) is 4.44. The van der Waals surface area contributed by atoms with Crippen molar-refractivity contribution in [3.05, 3.63) is 18.0 Å². The zero-order chi connectivity index (χ0) is 15.7. The second kappa shape index (κ2) is 5.91. The number of aromatic amines is 1. The molecule has 1 aliphatic carbocycles. The lowest BCUT2D eigenvalue weighted by Gasteiger charge is -2.31. The molecule has 6 nitrogen and oxygen atoms in total.